The Morgan fingerprint density at radius 1 is 1.29 bits per heavy atom. The van der Waals surface area contributed by atoms with E-state index in [1.165, 1.54) is 12.5 Å². The van der Waals surface area contributed by atoms with Crippen molar-refractivity contribution in [2.75, 3.05) is 13.1 Å². The lowest BCUT2D eigenvalue weighted by Crippen LogP contribution is -2.46. The monoisotopic (exact) mass is 386 g/mol. The van der Waals surface area contributed by atoms with Crippen LogP contribution in [-0.2, 0) is 17.8 Å². The molecule has 0 atom stereocenters. The lowest BCUT2D eigenvalue weighted by molar-refractivity contribution is -0.121. The summed E-state index contributed by atoms with van der Waals surface area (Å²) in [4.78, 5) is 26.7. The molecule has 2 aromatic rings. The summed E-state index contributed by atoms with van der Waals surface area (Å²) in [6.45, 7) is 10.5. The quantitative estimate of drug-likeness (QED) is 0.828. The number of furan rings is 1. The number of hydrogen-bond donors (Lipinski definition) is 1. The molecule has 1 fully saturated rings. The van der Waals surface area contributed by atoms with Gasteiger partial charge in [0.25, 0.3) is 5.91 Å². The highest BCUT2D eigenvalue weighted by molar-refractivity contribution is 5.93. The van der Waals surface area contributed by atoms with Gasteiger partial charge in [-0.1, -0.05) is 13.8 Å². The summed E-state index contributed by atoms with van der Waals surface area (Å²) < 4.78 is 6.99. The van der Waals surface area contributed by atoms with Crippen molar-refractivity contribution in [3.63, 3.8) is 0 Å². The summed E-state index contributed by atoms with van der Waals surface area (Å²) in [6, 6.07) is 1.78. The number of likely N-dealkylation sites (tertiary alicyclic amines) is 1. The number of carbonyl (C=O) groups is 2. The van der Waals surface area contributed by atoms with Crippen LogP contribution < -0.4 is 5.32 Å². The number of nitrogens with one attached hydrogen (secondary N) is 1. The molecule has 2 amide bonds. The molecule has 0 radical (unpaired) electrons. The van der Waals surface area contributed by atoms with E-state index in [2.05, 4.69) is 24.3 Å². The zero-order chi connectivity index (χ0) is 20.3. The van der Waals surface area contributed by atoms with Gasteiger partial charge in [-0.3, -0.25) is 14.3 Å². The Hall–Kier alpha value is -2.57. The maximum Gasteiger partial charge on any atom is 0.257 e. The van der Waals surface area contributed by atoms with E-state index in [1.54, 1.807) is 6.07 Å². The van der Waals surface area contributed by atoms with Crippen LogP contribution in [0, 0.1) is 19.8 Å². The largest absolute Gasteiger partial charge is 0.472 e. The maximum atomic E-state index is 12.6. The topological polar surface area (TPSA) is 80.4 Å². The molecule has 3 rings (SSSR count). The summed E-state index contributed by atoms with van der Waals surface area (Å²) in [5.74, 6) is 0.520. The molecule has 1 N–H and O–H groups in total. The molecule has 0 saturated carbocycles. The van der Waals surface area contributed by atoms with Gasteiger partial charge >= 0.3 is 0 Å². The molecular weight excluding hydrogens is 356 g/mol. The van der Waals surface area contributed by atoms with E-state index >= 15 is 0 Å². The van der Waals surface area contributed by atoms with Crippen LogP contribution in [0.3, 0.4) is 0 Å². The van der Waals surface area contributed by atoms with Crippen LogP contribution in [0.4, 0.5) is 0 Å². The minimum atomic E-state index is -0.0117. The van der Waals surface area contributed by atoms with Crippen LogP contribution in [0.2, 0.25) is 0 Å². The fourth-order valence-electron chi connectivity index (χ4n) is 3.75. The molecule has 3 heterocycles. The first kappa shape index (κ1) is 20.2. The average Bonchev–Trinajstić information content (AvgIpc) is 3.26. The molecule has 7 heteroatoms. The average molecular weight is 386 g/mol. The number of aryl methyl sites for hydroxylation is 1. The van der Waals surface area contributed by atoms with Crippen molar-refractivity contribution in [3.8, 4) is 0 Å². The highest BCUT2D eigenvalue weighted by Gasteiger charge is 2.25. The summed E-state index contributed by atoms with van der Waals surface area (Å²) in [6.07, 6.45) is 4.86. The fraction of sp³-hybridized carbons (Fsp3) is 0.571. The Balaban J connectivity index is 1.51. The number of hydrogen-bond acceptors (Lipinski definition) is 4. The highest BCUT2D eigenvalue weighted by Crippen LogP contribution is 2.17. The first-order valence-electron chi connectivity index (χ1n) is 9.99. The second kappa shape index (κ2) is 8.63. The van der Waals surface area contributed by atoms with Crippen molar-refractivity contribution < 1.29 is 14.0 Å². The van der Waals surface area contributed by atoms with Crippen molar-refractivity contribution in [2.45, 2.75) is 59.5 Å². The standard InChI is InChI=1S/C21H30N4O3/c1-14(2)12-25-16(4)19(15(3)23-25)11-20(26)22-18-5-8-24(9-6-18)21(27)17-7-10-28-13-17/h7,10,13-14,18H,5-6,8-9,11-12H2,1-4H3,(H,22,26). The van der Waals surface area contributed by atoms with Gasteiger partial charge < -0.3 is 14.6 Å². The van der Waals surface area contributed by atoms with Crippen LogP contribution in [0.25, 0.3) is 0 Å². The number of amides is 2. The molecule has 0 unspecified atom stereocenters. The van der Waals surface area contributed by atoms with Crippen LogP contribution in [-0.4, -0.2) is 45.6 Å². The molecule has 0 aromatic carbocycles. The van der Waals surface area contributed by atoms with E-state index in [1.807, 2.05) is 23.4 Å². The number of nitrogens with zero attached hydrogens (tertiary/aromatic N) is 3. The fourth-order valence-corrected chi connectivity index (χ4v) is 3.75. The van der Waals surface area contributed by atoms with E-state index in [0.717, 1.165) is 36.3 Å². The highest BCUT2D eigenvalue weighted by atomic mass is 16.3. The van der Waals surface area contributed by atoms with E-state index in [9.17, 15) is 9.59 Å². The van der Waals surface area contributed by atoms with Crippen LogP contribution in [0.1, 0.15) is 54.0 Å². The number of rotatable bonds is 6. The van der Waals surface area contributed by atoms with Gasteiger partial charge in [0.05, 0.1) is 23.9 Å². The van der Waals surface area contributed by atoms with Gasteiger partial charge in [-0.25, -0.2) is 0 Å². The third-order valence-corrected chi connectivity index (χ3v) is 5.32. The smallest absolute Gasteiger partial charge is 0.257 e. The molecule has 0 bridgehead atoms. The summed E-state index contributed by atoms with van der Waals surface area (Å²) in [5, 5.41) is 7.72. The number of carbonyl (C=O) groups excluding carboxylic acids is 2. The van der Waals surface area contributed by atoms with Crippen molar-refractivity contribution in [1.82, 2.24) is 20.0 Å². The number of aromatic nitrogens is 2. The predicted octanol–water partition coefficient (Wildman–Crippen LogP) is 2.71. The van der Waals surface area contributed by atoms with Crippen LogP contribution in [0.5, 0.6) is 0 Å². The minimum Gasteiger partial charge on any atom is -0.472 e. The molecule has 0 spiro atoms. The third-order valence-electron chi connectivity index (χ3n) is 5.32. The summed E-state index contributed by atoms with van der Waals surface area (Å²) >= 11 is 0. The Morgan fingerprint density at radius 3 is 2.61 bits per heavy atom. The van der Waals surface area contributed by atoms with Gasteiger partial charge in [-0.05, 0) is 38.7 Å². The molecule has 1 aliphatic rings. The third kappa shape index (κ3) is 4.64. The molecular formula is C21H30N4O3. The second-order valence-corrected chi connectivity index (χ2v) is 8.05. The Bertz CT molecular complexity index is 815. The SMILES string of the molecule is Cc1nn(CC(C)C)c(C)c1CC(=O)NC1CCN(C(=O)c2ccoc2)CC1. The predicted molar refractivity (Wildman–Crippen MR) is 106 cm³/mol. The van der Waals surface area contributed by atoms with Gasteiger partial charge in [-0.15, -0.1) is 0 Å². The molecule has 152 valence electrons. The zero-order valence-corrected chi connectivity index (χ0v) is 17.2. The summed E-state index contributed by atoms with van der Waals surface area (Å²) in [5.41, 5.74) is 3.59. The first-order chi connectivity index (χ1) is 13.3. The minimum absolute atomic E-state index is 0.0117. The van der Waals surface area contributed by atoms with Gasteiger partial charge in [0.2, 0.25) is 5.91 Å². The first-order valence-corrected chi connectivity index (χ1v) is 9.99. The molecule has 1 saturated heterocycles. The van der Waals surface area contributed by atoms with Crippen LogP contribution in [0.15, 0.2) is 23.0 Å². The maximum absolute atomic E-state index is 12.6. The van der Waals surface area contributed by atoms with E-state index in [-0.39, 0.29) is 17.9 Å². The van der Waals surface area contributed by atoms with E-state index < -0.39 is 0 Å². The number of piperidine rings is 1. The van der Waals surface area contributed by atoms with Gasteiger partial charge in [-0.2, -0.15) is 5.10 Å². The van der Waals surface area contributed by atoms with E-state index in [4.69, 9.17) is 4.42 Å². The van der Waals surface area contributed by atoms with Gasteiger partial charge in [0.1, 0.15) is 6.26 Å². The summed E-state index contributed by atoms with van der Waals surface area (Å²) in [7, 11) is 0. The lowest BCUT2D eigenvalue weighted by atomic mass is 10.0. The van der Waals surface area contributed by atoms with Crippen LogP contribution >= 0.6 is 0 Å². The zero-order valence-electron chi connectivity index (χ0n) is 17.2. The normalized spacial score (nSPS) is 15.2. The van der Waals surface area contributed by atoms with Gasteiger partial charge in [0, 0.05) is 36.9 Å². The second-order valence-electron chi connectivity index (χ2n) is 8.05. The molecule has 7 nitrogen and oxygen atoms in total. The molecule has 2 aromatic heterocycles. The van der Waals surface area contributed by atoms with Crippen molar-refractivity contribution in [2.24, 2.45) is 5.92 Å². The molecule has 0 aliphatic carbocycles. The lowest BCUT2D eigenvalue weighted by Gasteiger charge is -2.32. The Morgan fingerprint density at radius 2 is 2.00 bits per heavy atom. The Labute approximate surface area is 166 Å². The van der Waals surface area contributed by atoms with E-state index in [0.29, 0.717) is 31.0 Å². The van der Waals surface area contributed by atoms with Gasteiger partial charge in [0.15, 0.2) is 0 Å². The van der Waals surface area contributed by atoms with Crippen molar-refractivity contribution >= 4 is 11.8 Å². The van der Waals surface area contributed by atoms with Crippen molar-refractivity contribution in [3.05, 3.63) is 41.1 Å². The van der Waals surface area contributed by atoms with Crippen molar-refractivity contribution in [1.29, 1.82) is 0 Å². The molecule has 28 heavy (non-hydrogen) atoms. The molecule has 1 aliphatic heterocycles. The Kier molecular flexibility index (Phi) is 6.21.